The summed E-state index contributed by atoms with van der Waals surface area (Å²) >= 11 is 11.9. The summed E-state index contributed by atoms with van der Waals surface area (Å²) < 4.78 is 0. The summed E-state index contributed by atoms with van der Waals surface area (Å²) in [5, 5.41) is 4.00. The Morgan fingerprint density at radius 2 is 1.81 bits per heavy atom. The largest absolute Gasteiger partial charge is 0.334 e. The van der Waals surface area contributed by atoms with Crippen molar-refractivity contribution in [3.05, 3.63) is 69.7 Å². The van der Waals surface area contributed by atoms with Gasteiger partial charge in [-0.2, -0.15) is 0 Å². The molecule has 0 saturated carbocycles. The van der Waals surface area contributed by atoms with Crippen molar-refractivity contribution in [1.82, 2.24) is 15.1 Å². The number of likely N-dealkylation sites (tertiary alicyclic amines) is 1. The molecule has 0 aliphatic carbocycles. The molecule has 1 aliphatic heterocycles. The van der Waals surface area contributed by atoms with Gasteiger partial charge in [0, 0.05) is 32.7 Å². The molecule has 0 aromatic heterocycles. The molecule has 3 rings (SSSR count). The fraction of sp³-hybridized carbons (Fsp3) is 0.350. The molecule has 0 spiro atoms. The predicted molar refractivity (Wildman–Crippen MR) is 114 cm³/mol. The van der Waals surface area contributed by atoms with Crippen LogP contribution in [0.4, 0.5) is 4.79 Å². The van der Waals surface area contributed by atoms with Crippen LogP contribution < -0.4 is 5.32 Å². The zero-order valence-corrected chi connectivity index (χ0v) is 17.5. The summed E-state index contributed by atoms with van der Waals surface area (Å²) in [6, 6.07) is 16.0. The topological polar surface area (TPSA) is 35.6 Å². The second-order valence-corrected chi connectivity index (χ2v) is 7.34. The van der Waals surface area contributed by atoms with Gasteiger partial charge in [0.2, 0.25) is 0 Å². The van der Waals surface area contributed by atoms with Crippen LogP contribution in [0.5, 0.6) is 0 Å². The molecular weight excluding hydrogens is 405 g/mol. The van der Waals surface area contributed by atoms with E-state index < -0.39 is 0 Å². The van der Waals surface area contributed by atoms with Crippen molar-refractivity contribution in [3.63, 3.8) is 0 Å². The van der Waals surface area contributed by atoms with Gasteiger partial charge in [-0.05, 0) is 30.2 Å². The molecule has 1 N–H and O–H groups in total. The molecule has 2 aromatic rings. The number of carbonyl (C=O) groups excluding carboxylic acids is 1. The Bertz CT molecular complexity index is 751. The number of carbonyl (C=O) groups is 1. The molecular formula is C20H24Cl3N3O. The van der Waals surface area contributed by atoms with Crippen LogP contribution in [0.1, 0.15) is 18.1 Å². The number of amides is 2. The minimum Gasteiger partial charge on any atom is -0.334 e. The Kier molecular flexibility index (Phi) is 8.24. The fourth-order valence-corrected chi connectivity index (χ4v) is 3.53. The van der Waals surface area contributed by atoms with Gasteiger partial charge in [-0.15, -0.1) is 12.4 Å². The Morgan fingerprint density at radius 1 is 1.11 bits per heavy atom. The first kappa shape index (κ1) is 21.8. The van der Waals surface area contributed by atoms with Crippen LogP contribution in [0, 0.1) is 0 Å². The highest BCUT2D eigenvalue weighted by molar-refractivity contribution is 6.42. The molecule has 0 radical (unpaired) electrons. The summed E-state index contributed by atoms with van der Waals surface area (Å²) in [4.78, 5) is 16.8. The second-order valence-electron chi connectivity index (χ2n) is 6.53. The van der Waals surface area contributed by atoms with Crippen LogP contribution in [0.25, 0.3) is 0 Å². The monoisotopic (exact) mass is 427 g/mol. The van der Waals surface area contributed by atoms with E-state index >= 15 is 0 Å². The Hall–Kier alpha value is -1.46. The molecule has 0 atom stereocenters. The zero-order chi connectivity index (χ0) is 18.5. The average molecular weight is 429 g/mol. The number of rotatable bonds is 6. The number of hydrogen-bond donors (Lipinski definition) is 1. The smallest absolute Gasteiger partial charge is 0.317 e. The molecule has 7 heteroatoms. The molecule has 2 aromatic carbocycles. The van der Waals surface area contributed by atoms with Crippen LogP contribution in [-0.4, -0.2) is 41.5 Å². The van der Waals surface area contributed by atoms with Crippen LogP contribution in [0.3, 0.4) is 0 Å². The van der Waals surface area contributed by atoms with Gasteiger partial charge in [-0.3, -0.25) is 4.90 Å². The van der Waals surface area contributed by atoms with Crippen molar-refractivity contribution >= 4 is 41.6 Å². The number of benzene rings is 2. The van der Waals surface area contributed by atoms with Crippen molar-refractivity contribution < 1.29 is 4.79 Å². The number of urea groups is 1. The van der Waals surface area contributed by atoms with Crippen molar-refractivity contribution in [2.75, 3.05) is 19.6 Å². The Balaban J connectivity index is 0.00000261. The first-order valence-electron chi connectivity index (χ1n) is 8.81. The molecule has 0 bridgehead atoms. The van der Waals surface area contributed by atoms with E-state index in [4.69, 9.17) is 23.2 Å². The van der Waals surface area contributed by atoms with Crippen molar-refractivity contribution in [1.29, 1.82) is 0 Å². The van der Waals surface area contributed by atoms with Crippen molar-refractivity contribution in [3.8, 4) is 0 Å². The summed E-state index contributed by atoms with van der Waals surface area (Å²) in [5.41, 5.74) is 2.24. The number of nitrogens with zero attached hydrogens (tertiary/aromatic N) is 2. The predicted octanol–water partition coefficient (Wildman–Crippen LogP) is 4.83. The third kappa shape index (κ3) is 5.76. The molecule has 1 aliphatic rings. The highest BCUT2D eigenvalue weighted by Gasteiger charge is 2.33. The summed E-state index contributed by atoms with van der Waals surface area (Å²) in [6.07, 6.45) is 0. The van der Waals surface area contributed by atoms with Crippen LogP contribution in [0.15, 0.2) is 48.5 Å². The van der Waals surface area contributed by atoms with E-state index in [1.807, 2.05) is 24.0 Å². The van der Waals surface area contributed by atoms with Gasteiger partial charge in [0.15, 0.2) is 0 Å². The minimum absolute atomic E-state index is 0. The normalized spacial score (nSPS) is 14.2. The number of hydrogen-bond acceptors (Lipinski definition) is 2. The van der Waals surface area contributed by atoms with Crippen molar-refractivity contribution in [2.24, 2.45) is 0 Å². The van der Waals surface area contributed by atoms with Gasteiger partial charge >= 0.3 is 6.03 Å². The van der Waals surface area contributed by atoms with E-state index in [0.29, 0.717) is 23.1 Å². The van der Waals surface area contributed by atoms with E-state index in [2.05, 4.69) is 34.5 Å². The van der Waals surface area contributed by atoms with Gasteiger partial charge in [-0.1, -0.05) is 59.6 Å². The maximum absolute atomic E-state index is 12.5. The molecule has 1 heterocycles. The second kappa shape index (κ2) is 10.2. The molecule has 1 saturated heterocycles. The lowest BCUT2D eigenvalue weighted by atomic mass is 10.1. The Labute approximate surface area is 176 Å². The third-order valence-corrected chi connectivity index (χ3v) is 5.40. The maximum Gasteiger partial charge on any atom is 0.317 e. The highest BCUT2D eigenvalue weighted by Crippen LogP contribution is 2.23. The number of likely N-dealkylation sites (N-methyl/N-ethyl adjacent to an activating group) is 1. The van der Waals surface area contributed by atoms with E-state index in [1.54, 1.807) is 12.1 Å². The van der Waals surface area contributed by atoms with E-state index in [0.717, 1.165) is 25.2 Å². The lowest BCUT2D eigenvalue weighted by Crippen LogP contribution is -2.61. The molecule has 27 heavy (non-hydrogen) atoms. The van der Waals surface area contributed by atoms with E-state index in [-0.39, 0.29) is 24.5 Å². The Morgan fingerprint density at radius 3 is 2.44 bits per heavy atom. The summed E-state index contributed by atoms with van der Waals surface area (Å²) in [5.74, 6) is 0. The molecule has 4 nitrogen and oxygen atoms in total. The fourth-order valence-electron chi connectivity index (χ4n) is 3.21. The average Bonchev–Trinajstić information content (AvgIpc) is 2.62. The lowest BCUT2D eigenvalue weighted by Gasteiger charge is -2.45. The third-order valence-electron chi connectivity index (χ3n) is 4.66. The van der Waals surface area contributed by atoms with Crippen LogP contribution in [0.2, 0.25) is 10.0 Å². The van der Waals surface area contributed by atoms with Gasteiger partial charge in [0.05, 0.1) is 16.1 Å². The number of nitrogens with one attached hydrogen (secondary N) is 1. The van der Waals surface area contributed by atoms with Crippen LogP contribution in [-0.2, 0) is 13.1 Å². The van der Waals surface area contributed by atoms with Gasteiger partial charge in [0.25, 0.3) is 0 Å². The minimum atomic E-state index is -0.0390. The lowest BCUT2D eigenvalue weighted by molar-refractivity contribution is 0.0504. The van der Waals surface area contributed by atoms with Gasteiger partial charge < -0.3 is 10.2 Å². The molecule has 0 unspecified atom stereocenters. The maximum atomic E-state index is 12.5. The van der Waals surface area contributed by atoms with E-state index in [9.17, 15) is 4.79 Å². The highest BCUT2D eigenvalue weighted by atomic mass is 35.5. The van der Waals surface area contributed by atoms with E-state index in [1.165, 1.54) is 5.56 Å². The molecule has 2 amide bonds. The zero-order valence-electron chi connectivity index (χ0n) is 15.2. The first-order chi connectivity index (χ1) is 12.6. The van der Waals surface area contributed by atoms with Gasteiger partial charge in [-0.25, -0.2) is 4.79 Å². The van der Waals surface area contributed by atoms with Crippen molar-refractivity contribution in [2.45, 2.75) is 26.1 Å². The first-order valence-corrected chi connectivity index (χ1v) is 9.57. The standard InChI is InChI=1S/C20H23Cl2N3O.ClH/c1-2-25(17-13-24(14-17)12-15-6-4-3-5-7-15)20(26)23-11-16-8-9-18(21)19(22)10-16;/h3-10,17H,2,11-14H2,1H3,(H,23,26);1H. The van der Waals surface area contributed by atoms with Gasteiger partial charge in [0.1, 0.15) is 0 Å². The summed E-state index contributed by atoms with van der Waals surface area (Å²) in [6.45, 7) is 5.88. The SMILES string of the molecule is CCN(C(=O)NCc1ccc(Cl)c(Cl)c1)C1CN(Cc2ccccc2)C1.Cl. The number of halogens is 3. The summed E-state index contributed by atoms with van der Waals surface area (Å²) in [7, 11) is 0. The molecule has 1 fully saturated rings. The van der Waals surface area contributed by atoms with Crippen LogP contribution >= 0.6 is 35.6 Å². The quantitative estimate of drug-likeness (QED) is 0.715. The molecule has 146 valence electrons.